The summed E-state index contributed by atoms with van der Waals surface area (Å²) >= 11 is 0. The molecule has 2 heteroatoms. The Bertz CT molecular complexity index is 72.1. The largest absolute Gasteiger partial charge is 0.306 e. The minimum atomic E-state index is 0.501. The average molecular weight is 113 g/mol. The van der Waals surface area contributed by atoms with Crippen molar-refractivity contribution in [3.05, 3.63) is 0 Å². The molecule has 0 aromatic carbocycles. The molecule has 0 unspecified atom stereocenters. The van der Waals surface area contributed by atoms with Crippen molar-refractivity contribution in [2.45, 2.75) is 24.9 Å². The van der Waals surface area contributed by atoms with Crippen LogP contribution in [0, 0.1) is 0 Å². The molecule has 0 aromatic heterocycles. The van der Waals surface area contributed by atoms with Crippen LogP contribution in [0.3, 0.4) is 0 Å². The van der Waals surface area contributed by atoms with Gasteiger partial charge in [0.05, 0.1) is 6.04 Å². The summed E-state index contributed by atoms with van der Waals surface area (Å²) in [7, 11) is 0.522. The van der Waals surface area contributed by atoms with Crippen LogP contribution in [-0.4, -0.2) is 15.3 Å². The first-order valence-corrected chi connectivity index (χ1v) is 4.36. The zero-order valence-corrected chi connectivity index (χ0v) is 5.47. The second kappa shape index (κ2) is 2.26. The van der Waals surface area contributed by atoms with Crippen LogP contribution < -0.4 is 0 Å². The molecule has 1 rings (SSSR count). The Morgan fingerprint density at radius 3 is 2.71 bits per heavy atom. The van der Waals surface area contributed by atoms with E-state index in [2.05, 4.69) is 0 Å². The first-order chi connectivity index (χ1) is 3.39. The van der Waals surface area contributed by atoms with Gasteiger partial charge in [0, 0.05) is 6.42 Å². The third-order valence-electron chi connectivity index (χ3n) is 1.24. The standard InChI is InChI=1S/C5H9OSi/c6-5-2-1-3-7-4-5/h7H,1-4H2/q+1. The van der Waals surface area contributed by atoms with Gasteiger partial charge in [0.15, 0.2) is 5.78 Å². The molecule has 38 valence electrons. The fraction of sp³-hybridized carbons (Fsp3) is 0.800. The van der Waals surface area contributed by atoms with Gasteiger partial charge < -0.3 is 0 Å². The fourth-order valence-corrected chi connectivity index (χ4v) is 2.03. The lowest BCUT2D eigenvalue weighted by molar-refractivity contribution is -0.117. The molecule has 1 fully saturated rings. The SMILES string of the molecule is O=C1CCC[SiH+]C1. The van der Waals surface area contributed by atoms with Crippen molar-refractivity contribution in [1.82, 2.24) is 0 Å². The van der Waals surface area contributed by atoms with E-state index in [0.717, 1.165) is 12.5 Å². The first kappa shape index (κ1) is 5.03. The van der Waals surface area contributed by atoms with Gasteiger partial charge >= 0.3 is 9.52 Å². The summed E-state index contributed by atoms with van der Waals surface area (Å²) in [6.07, 6.45) is 2.04. The van der Waals surface area contributed by atoms with E-state index in [1.807, 2.05) is 0 Å². The zero-order valence-electron chi connectivity index (χ0n) is 4.31. The Morgan fingerprint density at radius 2 is 2.43 bits per heavy atom. The van der Waals surface area contributed by atoms with E-state index >= 15 is 0 Å². The Morgan fingerprint density at radius 1 is 1.57 bits per heavy atom. The topological polar surface area (TPSA) is 17.1 Å². The number of hydrogen-bond acceptors (Lipinski definition) is 1. The summed E-state index contributed by atoms with van der Waals surface area (Å²) in [6, 6.07) is 2.28. The van der Waals surface area contributed by atoms with Crippen molar-refractivity contribution in [2.24, 2.45) is 0 Å². The Balaban J connectivity index is 2.25. The molecule has 0 atom stereocenters. The molecule has 1 nitrogen and oxygen atoms in total. The third-order valence-corrected chi connectivity index (χ3v) is 2.80. The second-order valence-electron chi connectivity index (χ2n) is 1.92. The van der Waals surface area contributed by atoms with Crippen LogP contribution in [0.1, 0.15) is 12.8 Å². The summed E-state index contributed by atoms with van der Waals surface area (Å²) < 4.78 is 0. The number of carbonyl (C=O) groups is 1. The second-order valence-corrected chi connectivity index (χ2v) is 3.49. The summed E-state index contributed by atoms with van der Waals surface area (Å²) in [4.78, 5) is 10.5. The van der Waals surface area contributed by atoms with Gasteiger partial charge in [-0.05, 0) is 6.42 Å². The lowest BCUT2D eigenvalue weighted by Gasteiger charge is -1.95. The maximum absolute atomic E-state index is 10.5. The van der Waals surface area contributed by atoms with Crippen LogP contribution in [0.2, 0.25) is 12.1 Å². The monoisotopic (exact) mass is 113 g/mol. The summed E-state index contributed by atoms with van der Waals surface area (Å²) in [5.41, 5.74) is 0. The van der Waals surface area contributed by atoms with Crippen LogP contribution in [0.5, 0.6) is 0 Å². The molecule has 0 aliphatic carbocycles. The van der Waals surface area contributed by atoms with Crippen molar-refractivity contribution in [1.29, 1.82) is 0 Å². The maximum atomic E-state index is 10.5. The summed E-state index contributed by atoms with van der Waals surface area (Å²) in [5, 5.41) is 0. The Hall–Kier alpha value is -0.113. The predicted octanol–water partition coefficient (Wildman–Crippen LogP) is 0.622. The van der Waals surface area contributed by atoms with Gasteiger partial charge in [-0.2, -0.15) is 0 Å². The molecule has 0 saturated carbocycles. The van der Waals surface area contributed by atoms with E-state index in [4.69, 9.17) is 0 Å². The van der Waals surface area contributed by atoms with Crippen LogP contribution in [-0.2, 0) is 4.79 Å². The van der Waals surface area contributed by atoms with Gasteiger partial charge in [-0.3, -0.25) is 4.79 Å². The van der Waals surface area contributed by atoms with Crippen LogP contribution >= 0.6 is 0 Å². The van der Waals surface area contributed by atoms with E-state index in [-0.39, 0.29) is 0 Å². The van der Waals surface area contributed by atoms with Gasteiger partial charge in [0.25, 0.3) is 0 Å². The molecule has 0 aromatic rings. The maximum Gasteiger partial charge on any atom is 0.306 e. The summed E-state index contributed by atoms with van der Waals surface area (Å²) in [5.74, 6) is 0.501. The fourth-order valence-electron chi connectivity index (χ4n) is 0.809. The van der Waals surface area contributed by atoms with E-state index in [1.54, 1.807) is 0 Å². The molecule has 1 saturated heterocycles. The molecule has 1 aliphatic heterocycles. The molecule has 7 heavy (non-hydrogen) atoms. The number of hydrogen-bond donors (Lipinski definition) is 0. The molecule has 0 radical (unpaired) electrons. The highest BCUT2D eigenvalue weighted by Crippen LogP contribution is 2.07. The predicted molar refractivity (Wildman–Crippen MR) is 31.0 cm³/mol. The molecule has 0 amide bonds. The zero-order chi connectivity index (χ0) is 5.11. The van der Waals surface area contributed by atoms with Gasteiger partial charge in [-0.1, -0.05) is 0 Å². The number of rotatable bonds is 0. The van der Waals surface area contributed by atoms with Crippen LogP contribution in [0.25, 0.3) is 0 Å². The summed E-state index contributed by atoms with van der Waals surface area (Å²) in [6.45, 7) is 0. The quantitative estimate of drug-likeness (QED) is 0.421. The molecular weight excluding hydrogens is 104 g/mol. The number of Topliss-reactive ketones (excluding diaryl/α,β-unsaturated/α-hetero) is 1. The van der Waals surface area contributed by atoms with Crippen molar-refractivity contribution < 1.29 is 4.79 Å². The third kappa shape index (κ3) is 1.43. The average Bonchev–Trinajstić information content (AvgIpc) is 1.69. The Kier molecular flexibility index (Phi) is 1.62. The number of carbonyl (C=O) groups excluding carboxylic acids is 1. The van der Waals surface area contributed by atoms with Crippen molar-refractivity contribution in [2.75, 3.05) is 0 Å². The molecule has 0 bridgehead atoms. The van der Waals surface area contributed by atoms with E-state index < -0.39 is 0 Å². The minimum Gasteiger partial charge on any atom is -0.297 e. The van der Waals surface area contributed by atoms with Gasteiger partial charge in [0.2, 0.25) is 0 Å². The molecule has 0 spiro atoms. The highest BCUT2D eigenvalue weighted by molar-refractivity contribution is 6.42. The molecule has 1 heterocycles. The van der Waals surface area contributed by atoms with Crippen molar-refractivity contribution in [3.63, 3.8) is 0 Å². The van der Waals surface area contributed by atoms with E-state index in [9.17, 15) is 4.79 Å². The van der Waals surface area contributed by atoms with Crippen LogP contribution in [0.15, 0.2) is 0 Å². The van der Waals surface area contributed by atoms with Gasteiger partial charge in [0.1, 0.15) is 6.04 Å². The lowest BCUT2D eigenvalue weighted by atomic mass is 10.2. The van der Waals surface area contributed by atoms with E-state index in [0.29, 0.717) is 15.3 Å². The lowest BCUT2D eigenvalue weighted by Crippen LogP contribution is -2.08. The first-order valence-electron chi connectivity index (χ1n) is 2.73. The molecule has 1 aliphatic rings. The van der Waals surface area contributed by atoms with Gasteiger partial charge in [-0.25, -0.2) is 0 Å². The highest BCUT2D eigenvalue weighted by Gasteiger charge is 2.16. The van der Waals surface area contributed by atoms with Crippen molar-refractivity contribution >= 4 is 15.3 Å². The van der Waals surface area contributed by atoms with Gasteiger partial charge in [-0.15, -0.1) is 0 Å². The smallest absolute Gasteiger partial charge is 0.297 e. The van der Waals surface area contributed by atoms with Crippen molar-refractivity contribution in [3.8, 4) is 0 Å². The minimum absolute atomic E-state index is 0.501. The normalized spacial score (nSPS) is 21.4. The molecule has 0 N–H and O–H groups in total. The van der Waals surface area contributed by atoms with Crippen LogP contribution in [0.4, 0.5) is 0 Å². The number of ketones is 1. The Labute approximate surface area is 45.9 Å². The molecular formula is C5H9OSi+. The van der Waals surface area contributed by atoms with E-state index in [1.165, 1.54) is 12.5 Å². The highest BCUT2D eigenvalue weighted by atomic mass is 28.2.